The number of rotatable bonds is 6. The summed E-state index contributed by atoms with van der Waals surface area (Å²) in [6.07, 6.45) is 1.14. The molecule has 0 saturated carbocycles. The van der Waals surface area contributed by atoms with Gasteiger partial charge in [-0.1, -0.05) is 23.2 Å². The number of aromatic nitrogens is 1. The summed E-state index contributed by atoms with van der Waals surface area (Å²) in [7, 11) is 1.52. The Hall–Kier alpha value is -2.55. The summed E-state index contributed by atoms with van der Waals surface area (Å²) in [5.74, 6) is 0.0381. The number of nitrogens with zero attached hydrogens (tertiary/aromatic N) is 2. The van der Waals surface area contributed by atoms with Crippen LogP contribution in [0.25, 0.3) is 0 Å². The van der Waals surface area contributed by atoms with Crippen molar-refractivity contribution in [3.63, 3.8) is 0 Å². The highest BCUT2D eigenvalue weighted by molar-refractivity contribution is 6.38. The van der Waals surface area contributed by atoms with E-state index in [2.05, 4.69) is 4.98 Å². The molecule has 2 aliphatic heterocycles. The van der Waals surface area contributed by atoms with E-state index in [0.29, 0.717) is 66.4 Å². The Balaban J connectivity index is 1.51. The number of aromatic amines is 1. The molecule has 10 heteroatoms. The second-order valence-corrected chi connectivity index (χ2v) is 10.2. The van der Waals surface area contributed by atoms with Gasteiger partial charge >= 0.3 is 0 Å². The maximum Gasteiger partial charge on any atom is 0.256 e. The van der Waals surface area contributed by atoms with Crippen molar-refractivity contribution in [2.45, 2.75) is 58.8 Å². The van der Waals surface area contributed by atoms with Gasteiger partial charge in [0.25, 0.3) is 17.4 Å². The van der Waals surface area contributed by atoms with Crippen LogP contribution in [0.5, 0.6) is 5.75 Å². The molecule has 0 spiro atoms. The predicted octanol–water partition coefficient (Wildman–Crippen LogP) is 3.90. The van der Waals surface area contributed by atoms with Crippen LogP contribution in [0.1, 0.15) is 52.5 Å². The van der Waals surface area contributed by atoms with Crippen molar-refractivity contribution < 1.29 is 19.1 Å². The molecule has 0 bridgehead atoms. The molecule has 0 aliphatic carbocycles. The number of methoxy groups -OCH3 is 1. The van der Waals surface area contributed by atoms with Crippen LogP contribution in [-0.2, 0) is 22.5 Å². The highest BCUT2D eigenvalue weighted by atomic mass is 35.5. The number of likely N-dealkylation sites (tertiary alicyclic amines) is 1. The highest BCUT2D eigenvalue weighted by Crippen LogP contribution is 2.40. The monoisotopic (exact) mass is 535 g/mol. The Labute approximate surface area is 220 Å². The quantitative estimate of drug-likeness (QED) is 0.605. The molecular formula is C26H31Cl2N3O5. The van der Waals surface area contributed by atoms with Gasteiger partial charge in [-0.25, -0.2) is 0 Å². The van der Waals surface area contributed by atoms with Gasteiger partial charge in [-0.15, -0.1) is 0 Å². The number of benzene rings is 1. The predicted molar refractivity (Wildman–Crippen MR) is 138 cm³/mol. The molecule has 0 radical (unpaired) electrons. The van der Waals surface area contributed by atoms with Gasteiger partial charge in [0.15, 0.2) is 0 Å². The first kappa shape index (κ1) is 26.5. The van der Waals surface area contributed by atoms with E-state index in [1.54, 1.807) is 22.8 Å². The smallest absolute Gasteiger partial charge is 0.256 e. The summed E-state index contributed by atoms with van der Waals surface area (Å²) >= 11 is 13.3. The fourth-order valence-electron chi connectivity index (χ4n) is 4.85. The maximum absolute atomic E-state index is 13.5. The van der Waals surface area contributed by atoms with E-state index in [-0.39, 0.29) is 35.0 Å². The zero-order chi connectivity index (χ0) is 26.1. The molecule has 1 fully saturated rings. The molecule has 2 aliphatic rings. The average molecular weight is 536 g/mol. The Kier molecular flexibility index (Phi) is 7.97. The first-order valence-corrected chi connectivity index (χ1v) is 12.8. The van der Waals surface area contributed by atoms with Crippen LogP contribution < -0.4 is 10.3 Å². The number of amides is 2. The molecule has 2 amide bonds. The third-order valence-electron chi connectivity index (χ3n) is 7.01. The number of H-pyrrole nitrogens is 1. The number of carbonyl (C=O) groups excluding carboxylic acids is 2. The van der Waals surface area contributed by atoms with Gasteiger partial charge in [0.05, 0.1) is 17.1 Å². The highest BCUT2D eigenvalue weighted by Gasteiger charge is 2.33. The minimum absolute atomic E-state index is 0.0425. The fraction of sp³-hybridized carbons (Fsp3) is 0.500. The van der Waals surface area contributed by atoms with Gasteiger partial charge in [0.2, 0.25) is 0 Å². The molecular weight excluding hydrogens is 505 g/mol. The molecule has 8 nitrogen and oxygen atoms in total. The molecule has 194 valence electrons. The zero-order valence-electron chi connectivity index (χ0n) is 21.0. The number of piperidine rings is 1. The van der Waals surface area contributed by atoms with Crippen LogP contribution >= 0.6 is 23.2 Å². The summed E-state index contributed by atoms with van der Waals surface area (Å²) in [6, 6.07) is 3.56. The van der Waals surface area contributed by atoms with Crippen molar-refractivity contribution in [2.75, 3.05) is 26.7 Å². The van der Waals surface area contributed by atoms with E-state index in [1.165, 1.54) is 7.11 Å². The summed E-state index contributed by atoms with van der Waals surface area (Å²) in [6.45, 7) is 7.13. The molecule has 36 heavy (non-hydrogen) atoms. The summed E-state index contributed by atoms with van der Waals surface area (Å²) in [4.78, 5) is 44.6. The molecule has 1 aromatic carbocycles. The first-order valence-electron chi connectivity index (χ1n) is 12.1. The van der Waals surface area contributed by atoms with Crippen molar-refractivity contribution >= 4 is 35.0 Å². The summed E-state index contributed by atoms with van der Waals surface area (Å²) in [5, 5.41) is 0.661. The van der Waals surface area contributed by atoms with Gasteiger partial charge in [0.1, 0.15) is 18.0 Å². The molecule has 2 aromatic rings. The largest absolute Gasteiger partial charge is 0.489 e. The van der Waals surface area contributed by atoms with Crippen molar-refractivity contribution in [2.24, 2.45) is 0 Å². The summed E-state index contributed by atoms with van der Waals surface area (Å²) < 4.78 is 11.3. The van der Waals surface area contributed by atoms with E-state index in [1.807, 2.05) is 19.9 Å². The third-order valence-corrected chi connectivity index (χ3v) is 7.72. The Morgan fingerprint density at radius 1 is 1.17 bits per heavy atom. The van der Waals surface area contributed by atoms with E-state index < -0.39 is 6.10 Å². The average Bonchev–Trinajstić information content (AvgIpc) is 2.84. The number of pyridine rings is 1. The van der Waals surface area contributed by atoms with Crippen LogP contribution in [0.3, 0.4) is 0 Å². The van der Waals surface area contributed by atoms with E-state index in [0.717, 1.165) is 11.3 Å². The van der Waals surface area contributed by atoms with Crippen molar-refractivity contribution in [1.29, 1.82) is 0 Å². The van der Waals surface area contributed by atoms with E-state index in [9.17, 15) is 14.4 Å². The van der Waals surface area contributed by atoms with Gasteiger partial charge in [-0.3, -0.25) is 14.4 Å². The molecule has 1 aromatic heterocycles. The minimum atomic E-state index is -0.482. The molecule has 1 unspecified atom stereocenters. The topological polar surface area (TPSA) is 91.9 Å². The number of ether oxygens (including phenoxy) is 2. The minimum Gasteiger partial charge on any atom is -0.489 e. The van der Waals surface area contributed by atoms with Gasteiger partial charge in [-0.05, 0) is 44.4 Å². The summed E-state index contributed by atoms with van der Waals surface area (Å²) in [5.41, 5.74) is 2.98. The molecule has 1 N–H and O–H groups in total. The molecule has 1 atom stereocenters. The number of fused-ring (bicyclic) bond motifs is 1. The molecule has 3 heterocycles. The van der Waals surface area contributed by atoms with Crippen molar-refractivity contribution in [3.8, 4) is 5.75 Å². The first-order chi connectivity index (χ1) is 17.1. The van der Waals surface area contributed by atoms with E-state index in [4.69, 9.17) is 32.7 Å². The Bertz CT molecular complexity index is 1240. The van der Waals surface area contributed by atoms with Crippen LogP contribution in [0, 0.1) is 13.8 Å². The van der Waals surface area contributed by atoms with Crippen LogP contribution in [0.4, 0.5) is 0 Å². The second-order valence-electron chi connectivity index (χ2n) is 9.46. The normalized spacial score (nSPS) is 17.2. The number of nitrogens with one attached hydrogen (secondary N) is 1. The lowest BCUT2D eigenvalue weighted by molar-refractivity contribution is -0.142. The lowest BCUT2D eigenvalue weighted by Gasteiger charge is -2.34. The third kappa shape index (κ3) is 5.26. The lowest BCUT2D eigenvalue weighted by Crippen LogP contribution is -2.45. The van der Waals surface area contributed by atoms with Gasteiger partial charge in [0, 0.05) is 61.9 Å². The number of hydrogen-bond acceptors (Lipinski definition) is 5. The van der Waals surface area contributed by atoms with Crippen LogP contribution in [0.15, 0.2) is 16.9 Å². The Morgan fingerprint density at radius 2 is 1.86 bits per heavy atom. The SMILES string of the molecule is COC(C)C(=O)N1CCC(Oc2cc(Cl)c3c(c2Cl)C(=O)N(Cc2c(C)cc(C)[nH]c2=O)CC3)CC1. The van der Waals surface area contributed by atoms with Crippen molar-refractivity contribution in [3.05, 3.63) is 60.5 Å². The molecule has 4 rings (SSSR count). The van der Waals surface area contributed by atoms with Gasteiger partial charge < -0.3 is 24.3 Å². The number of halogens is 2. The number of aryl methyl sites for hydroxylation is 2. The van der Waals surface area contributed by atoms with Gasteiger partial charge in [-0.2, -0.15) is 0 Å². The number of hydrogen-bond donors (Lipinski definition) is 1. The van der Waals surface area contributed by atoms with Crippen LogP contribution in [0.2, 0.25) is 10.0 Å². The van der Waals surface area contributed by atoms with E-state index >= 15 is 0 Å². The number of carbonyl (C=O) groups is 2. The molecule has 1 saturated heterocycles. The van der Waals surface area contributed by atoms with Crippen LogP contribution in [-0.4, -0.2) is 65.6 Å². The standard InChI is InChI=1S/C26H31Cl2N3O5/c1-14-11-15(2)29-24(32)19(14)13-31-10-7-18-20(27)12-21(23(28)22(18)26(31)34)36-17-5-8-30(9-6-17)25(33)16(3)35-4/h11-12,16-17H,5-10,13H2,1-4H3,(H,29,32). The lowest BCUT2D eigenvalue weighted by atomic mass is 9.97. The fourth-order valence-corrected chi connectivity index (χ4v) is 5.43. The Morgan fingerprint density at radius 3 is 2.50 bits per heavy atom. The second kappa shape index (κ2) is 10.8. The zero-order valence-corrected chi connectivity index (χ0v) is 22.5. The van der Waals surface area contributed by atoms with Crippen molar-refractivity contribution in [1.82, 2.24) is 14.8 Å². The maximum atomic E-state index is 13.5.